The molecule has 0 amide bonds. The van der Waals surface area contributed by atoms with Crippen LogP contribution in [0.15, 0.2) is 101 Å². The van der Waals surface area contributed by atoms with Gasteiger partial charge in [-0.25, -0.2) is 4.99 Å². The Bertz CT molecular complexity index is 952. The molecule has 0 rings (SSSR count). The average molecular weight is 552 g/mol. The van der Waals surface area contributed by atoms with E-state index in [0.717, 1.165) is 19.9 Å². The fourth-order valence-corrected chi connectivity index (χ4v) is 3.39. The van der Waals surface area contributed by atoms with Gasteiger partial charge < -0.3 is 5.11 Å². The van der Waals surface area contributed by atoms with Crippen molar-refractivity contribution in [3.8, 4) is 0 Å². The van der Waals surface area contributed by atoms with Gasteiger partial charge in [-0.1, -0.05) is 97.7 Å². The van der Waals surface area contributed by atoms with Crippen LogP contribution in [0.25, 0.3) is 0 Å². The quantitative estimate of drug-likeness (QED) is 0.113. The summed E-state index contributed by atoms with van der Waals surface area (Å²) in [5.41, 5.74) is 0.363. The topological polar surface area (TPSA) is 49.7 Å². The van der Waals surface area contributed by atoms with Gasteiger partial charge >= 0.3 is 6.18 Å². The van der Waals surface area contributed by atoms with E-state index in [1.807, 2.05) is 26.0 Å². The summed E-state index contributed by atoms with van der Waals surface area (Å²) in [7, 11) is 0. The van der Waals surface area contributed by atoms with Gasteiger partial charge in [0.15, 0.2) is 5.78 Å². The van der Waals surface area contributed by atoms with Gasteiger partial charge in [-0.3, -0.25) is 4.79 Å². The van der Waals surface area contributed by atoms with Gasteiger partial charge in [0.05, 0.1) is 11.3 Å². The van der Waals surface area contributed by atoms with E-state index in [-0.39, 0.29) is 7.43 Å². The molecule has 0 aromatic rings. The zero-order chi connectivity index (χ0) is 30.5. The van der Waals surface area contributed by atoms with E-state index in [1.165, 1.54) is 43.9 Å². The number of aliphatic hydroxyl groups excluding tert-OH is 1. The van der Waals surface area contributed by atoms with Crippen molar-refractivity contribution in [1.82, 2.24) is 0 Å². The van der Waals surface area contributed by atoms with E-state index in [4.69, 9.17) is 0 Å². The van der Waals surface area contributed by atoms with Crippen LogP contribution in [0.1, 0.15) is 89.0 Å². The fourth-order valence-electron chi connectivity index (χ4n) is 3.39. The minimum atomic E-state index is -4.67. The molecule has 1 unspecified atom stereocenters. The molecular weight excluding hydrogens is 499 g/mol. The minimum Gasteiger partial charge on any atom is -0.510 e. The molecule has 0 saturated heterocycles. The third-order valence-corrected chi connectivity index (χ3v) is 5.27. The average Bonchev–Trinajstić information content (AvgIpc) is 2.87. The molecule has 222 valence electrons. The number of alkyl halides is 3. The Hall–Kier alpha value is -3.15. The summed E-state index contributed by atoms with van der Waals surface area (Å²) >= 11 is 0. The number of nitrogens with zero attached hydrogens (tertiary/aromatic N) is 1. The van der Waals surface area contributed by atoms with E-state index < -0.39 is 34.7 Å². The number of Topliss-reactive ketones (excluding diaryl/α,β-unsaturated/α-hetero) is 1. The zero-order valence-corrected chi connectivity index (χ0v) is 24.8. The molecule has 39 heavy (non-hydrogen) atoms. The molecule has 0 aromatic carbocycles. The van der Waals surface area contributed by atoms with Crippen LogP contribution in [0.3, 0.4) is 0 Å². The number of carbonyl (C=O) groups excluding carboxylic acids is 1. The Labute approximate surface area is 236 Å². The molecule has 0 saturated carbocycles. The van der Waals surface area contributed by atoms with Crippen LogP contribution in [-0.4, -0.2) is 22.8 Å². The van der Waals surface area contributed by atoms with Crippen molar-refractivity contribution in [3.63, 3.8) is 0 Å². The second-order valence-corrected chi connectivity index (χ2v) is 7.94. The number of hydrogen-bond donors (Lipinski definition) is 1. The summed E-state index contributed by atoms with van der Waals surface area (Å²) in [5, 5.41) is 9.43. The van der Waals surface area contributed by atoms with E-state index >= 15 is 0 Å². The lowest BCUT2D eigenvalue weighted by molar-refractivity contribution is -0.113. The van der Waals surface area contributed by atoms with Gasteiger partial charge in [0.2, 0.25) is 0 Å². The van der Waals surface area contributed by atoms with Crippen molar-refractivity contribution < 1.29 is 23.1 Å². The number of ketones is 1. The van der Waals surface area contributed by atoms with Crippen molar-refractivity contribution in [2.24, 2.45) is 10.9 Å². The second kappa shape index (κ2) is 23.9. The van der Waals surface area contributed by atoms with E-state index in [9.17, 15) is 23.1 Å². The van der Waals surface area contributed by atoms with Gasteiger partial charge in [0.1, 0.15) is 11.5 Å². The van der Waals surface area contributed by atoms with Gasteiger partial charge in [-0.2, -0.15) is 13.2 Å². The Morgan fingerprint density at radius 2 is 1.49 bits per heavy atom. The molecule has 0 radical (unpaired) electrons. The number of aliphatic hydroxyl groups is 1. The fraction of sp³-hybridized carbons (Fsp3) is 0.455. The zero-order valence-electron chi connectivity index (χ0n) is 24.8. The molecule has 0 bridgehead atoms. The summed E-state index contributed by atoms with van der Waals surface area (Å²) in [6, 6.07) is 0. The van der Waals surface area contributed by atoms with Crippen molar-refractivity contribution in [1.29, 1.82) is 0 Å². The molecule has 0 aliphatic heterocycles. The monoisotopic (exact) mass is 551 g/mol. The molecule has 0 spiro atoms. The number of carbonyl (C=O) groups is 1. The molecule has 0 aliphatic rings. The lowest BCUT2D eigenvalue weighted by Gasteiger charge is -2.14. The van der Waals surface area contributed by atoms with Crippen LogP contribution in [0.5, 0.6) is 0 Å². The maximum Gasteiger partial charge on any atom is 0.418 e. The van der Waals surface area contributed by atoms with E-state index in [0.29, 0.717) is 17.1 Å². The van der Waals surface area contributed by atoms with Crippen LogP contribution in [0.4, 0.5) is 13.2 Å². The first-order chi connectivity index (χ1) is 17.8. The van der Waals surface area contributed by atoms with Crippen LogP contribution >= 0.6 is 0 Å². The Morgan fingerprint density at radius 3 is 1.77 bits per heavy atom. The molecule has 0 heterocycles. The van der Waals surface area contributed by atoms with Crippen LogP contribution < -0.4 is 0 Å². The van der Waals surface area contributed by atoms with Gasteiger partial charge in [-0.05, 0) is 69.2 Å². The summed E-state index contributed by atoms with van der Waals surface area (Å²) in [6.07, 6.45) is 10.4. The highest BCUT2D eigenvalue weighted by Gasteiger charge is 2.36. The number of hydrogen-bond acceptors (Lipinski definition) is 3. The summed E-state index contributed by atoms with van der Waals surface area (Å²) < 4.78 is 40.2. The highest BCUT2D eigenvalue weighted by molar-refractivity contribution is 6.04. The first-order valence-electron chi connectivity index (χ1n) is 12.9. The molecule has 0 fully saturated rings. The Morgan fingerprint density at radius 1 is 0.974 bits per heavy atom. The molecule has 1 N–H and O–H groups in total. The lowest BCUT2D eigenvalue weighted by Crippen LogP contribution is -2.19. The van der Waals surface area contributed by atoms with E-state index in [1.54, 1.807) is 19.9 Å². The highest BCUT2D eigenvalue weighted by Crippen LogP contribution is 2.30. The van der Waals surface area contributed by atoms with Crippen molar-refractivity contribution in [2.45, 2.75) is 95.2 Å². The van der Waals surface area contributed by atoms with Crippen LogP contribution in [0, 0.1) is 5.92 Å². The van der Waals surface area contributed by atoms with Crippen LogP contribution in [0.2, 0.25) is 0 Å². The standard InChI is InChI=1S/C18H22F3NO2.C12H20.C2H6.CH4/c1-7-14(8-2)15(9-3)10-16(18(19,20)21)11(4)22-17(12(5)23)13(6)24;1-5-9-11(7-3)12(8-4)10-6-2;1-2;/h7-10,23H,1H2,2-6H3;5,7,9,12H,1,3,6,8,10H2,2,4H3;1-2H3;1H4/b14-8+,15-9+,16-10+,17-12+,22-11-;11-9+;;. The van der Waals surface area contributed by atoms with Gasteiger partial charge in [-0.15, -0.1) is 0 Å². The largest absolute Gasteiger partial charge is 0.510 e. The number of rotatable bonds is 12. The normalized spacial score (nSPS) is 14.3. The van der Waals surface area contributed by atoms with Gasteiger partial charge in [0.25, 0.3) is 0 Å². The van der Waals surface area contributed by atoms with Crippen molar-refractivity contribution in [3.05, 3.63) is 96.0 Å². The minimum absolute atomic E-state index is 0. The maximum atomic E-state index is 13.4. The SMILES string of the molecule is C.C=C/C=C(\C=C)C(CC)CCC.C=CC(=C\C)/C(=C/C)/C=C(\C(C)=N/C(C(C)=O)=C(\C)O)C(F)(F)F.CC. The first kappa shape index (κ1) is 42.9. The number of allylic oxidation sites excluding steroid dienone is 13. The third-order valence-electron chi connectivity index (χ3n) is 5.27. The van der Waals surface area contributed by atoms with Gasteiger partial charge in [0, 0.05) is 6.92 Å². The number of aliphatic imine (C=N–C) groups is 1. The predicted octanol–water partition coefficient (Wildman–Crippen LogP) is 11.2. The van der Waals surface area contributed by atoms with E-state index in [2.05, 4.69) is 44.7 Å². The smallest absolute Gasteiger partial charge is 0.418 e. The summed E-state index contributed by atoms with van der Waals surface area (Å²) in [4.78, 5) is 15.1. The predicted molar refractivity (Wildman–Crippen MR) is 166 cm³/mol. The third kappa shape index (κ3) is 17.1. The van der Waals surface area contributed by atoms with Crippen LogP contribution in [-0.2, 0) is 4.79 Å². The highest BCUT2D eigenvalue weighted by atomic mass is 19.4. The molecule has 6 heteroatoms. The second-order valence-electron chi connectivity index (χ2n) is 7.94. The first-order valence-corrected chi connectivity index (χ1v) is 12.9. The molecule has 0 aromatic heterocycles. The number of halogens is 3. The Kier molecular flexibility index (Phi) is 26.3. The summed E-state index contributed by atoms with van der Waals surface area (Å²) in [6.45, 7) is 26.3. The molecule has 3 nitrogen and oxygen atoms in total. The summed E-state index contributed by atoms with van der Waals surface area (Å²) in [5.74, 6) is -0.386. The Balaban J connectivity index is -0.000000344. The lowest BCUT2D eigenvalue weighted by atomic mass is 9.91. The van der Waals surface area contributed by atoms with Crippen molar-refractivity contribution in [2.75, 3.05) is 0 Å². The molecule has 0 aliphatic carbocycles. The van der Waals surface area contributed by atoms with Crippen molar-refractivity contribution >= 4 is 11.5 Å². The maximum absolute atomic E-state index is 13.4. The molecule has 1 atom stereocenters. The molecular formula is C33H52F3NO2.